The van der Waals surface area contributed by atoms with E-state index >= 15 is 0 Å². The van der Waals surface area contributed by atoms with Crippen molar-refractivity contribution < 1.29 is 17.9 Å². The Bertz CT molecular complexity index is 995. The van der Waals surface area contributed by atoms with E-state index in [4.69, 9.17) is 4.74 Å². The molecule has 0 aromatic heterocycles. The molecule has 2 aromatic carbocycles. The molecule has 0 unspecified atom stereocenters. The first kappa shape index (κ1) is 22.0. The van der Waals surface area contributed by atoms with Crippen molar-refractivity contribution in [3.05, 3.63) is 65.7 Å². The molecule has 6 nitrogen and oxygen atoms in total. The number of amides is 1. The Morgan fingerprint density at radius 1 is 0.968 bits per heavy atom. The summed E-state index contributed by atoms with van der Waals surface area (Å²) in [6.07, 6.45) is 5.62. The molecule has 4 rings (SSSR count). The molecular weight excluding hydrogens is 412 g/mol. The molecular formula is C24H30N2O4S. The summed E-state index contributed by atoms with van der Waals surface area (Å²) in [5, 5.41) is 3.10. The second-order valence-electron chi connectivity index (χ2n) is 8.43. The summed E-state index contributed by atoms with van der Waals surface area (Å²) in [4.78, 5) is 13.1. The second-order valence-corrected chi connectivity index (χ2v) is 10.4. The Morgan fingerprint density at radius 3 is 2.39 bits per heavy atom. The van der Waals surface area contributed by atoms with Crippen LogP contribution in [-0.2, 0) is 20.2 Å². The van der Waals surface area contributed by atoms with Crippen LogP contribution in [0.1, 0.15) is 48.0 Å². The first-order valence-corrected chi connectivity index (χ1v) is 12.5. The summed E-state index contributed by atoms with van der Waals surface area (Å²) < 4.78 is 32.6. The topological polar surface area (TPSA) is 75.7 Å². The highest BCUT2D eigenvalue weighted by Gasteiger charge is 2.34. The highest BCUT2D eigenvalue weighted by atomic mass is 32.2. The van der Waals surface area contributed by atoms with Crippen LogP contribution in [0.3, 0.4) is 0 Å². The highest BCUT2D eigenvalue weighted by molar-refractivity contribution is 7.89. The number of nitrogens with zero attached hydrogens (tertiary/aromatic N) is 1. The lowest BCUT2D eigenvalue weighted by molar-refractivity contribution is 0.0730. The molecule has 0 radical (unpaired) electrons. The van der Waals surface area contributed by atoms with Gasteiger partial charge in [0.2, 0.25) is 10.0 Å². The van der Waals surface area contributed by atoms with Gasteiger partial charge in [-0.1, -0.05) is 55.7 Å². The monoisotopic (exact) mass is 442 g/mol. The van der Waals surface area contributed by atoms with Gasteiger partial charge in [-0.3, -0.25) is 4.79 Å². The maximum Gasteiger partial charge on any atom is 0.251 e. The van der Waals surface area contributed by atoms with Crippen molar-refractivity contribution >= 4 is 15.9 Å². The van der Waals surface area contributed by atoms with Crippen LogP contribution in [-0.4, -0.2) is 51.5 Å². The van der Waals surface area contributed by atoms with E-state index in [-0.39, 0.29) is 16.2 Å². The van der Waals surface area contributed by atoms with Crippen LogP contribution in [0.15, 0.2) is 59.5 Å². The number of ether oxygens (including phenoxy) is 1. The van der Waals surface area contributed by atoms with Crippen LogP contribution in [0.2, 0.25) is 0 Å². The number of carbonyl (C=O) groups is 1. The van der Waals surface area contributed by atoms with E-state index in [0.29, 0.717) is 38.4 Å². The van der Waals surface area contributed by atoms with Crippen LogP contribution >= 0.6 is 0 Å². The van der Waals surface area contributed by atoms with Crippen molar-refractivity contribution in [1.29, 1.82) is 0 Å². The van der Waals surface area contributed by atoms with Gasteiger partial charge in [0.25, 0.3) is 5.91 Å². The van der Waals surface area contributed by atoms with Crippen molar-refractivity contribution in [2.24, 2.45) is 0 Å². The molecule has 166 valence electrons. The average molecular weight is 443 g/mol. The minimum atomic E-state index is -3.64. The zero-order valence-corrected chi connectivity index (χ0v) is 18.6. The van der Waals surface area contributed by atoms with Crippen molar-refractivity contribution in [2.45, 2.75) is 42.4 Å². The minimum absolute atomic E-state index is 0.0628. The molecule has 7 heteroatoms. The Kier molecular flexibility index (Phi) is 6.74. The second kappa shape index (κ2) is 9.51. The standard InChI is InChI=1S/C24H30N2O4S/c27-23(25-19-24(12-5-2-6-13-24)21-9-3-1-4-10-21)20-8-7-11-22(18-20)31(28,29)26-14-16-30-17-15-26/h1,3-4,7-11,18H,2,5-6,12-17,19H2,(H,25,27). The Balaban J connectivity index is 1.50. The molecule has 2 aromatic rings. The fourth-order valence-corrected chi connectivity index (χ4v) is 6.13. The fraction of sp³-hybridized carbons (Fsp3) is 0.458. The Hall–Kier alpha value is -2.22. The predicted molar refractivity (Wildman–Crippen MR) is 120 cm³/mol. The van der Waals surface area contributed by atoms with Crippen LogP contribution in [0, 0.1) is 0 Å². The van der Waals surface area contributed by atoms with E-state index in [9.17, 15) is 13.2 Å². The molecule has 1 saturated carbocycles. The first-order valence-electron chi connectivity index (χ1n) is 11.0. The molecule has 1 saturated heterocycles. The third-order valence-corrected chi connectivity index (χ3v) is 8.38. The summed E-state index contributed by atoms with van der Waals surface area (Å²) in [5.74, 6) is -0.236. The summed E-state index contributed by atoms with van der Waals surface area (Å²) in [6.45, 7) is 1.99. The van der Waals surface area contributed by atoms with E-state index in [0.717, 1.165) is 25.7 Å². The molecule has 1 aliphatic carbocycles. The lowest BCUT2D eigenvalue weighted by atomic mass is 9.69. The Morgan fingerprint density at radius 2 is 1.68 bits per heavy atom. The molecule has 1 N–H and O–H groups in total. The van der Waals surface area contributed by atoms with Crippen LogP contribution < -0.4 is 5.32 Å². The van der Waals surface area contributed by atoms with Gasteiger partial charge in [0, 0.05) is 30.6 Å². The normalized spacial score (nSPS) is 19.6. The maximum atomic E-state index is 13.0. The lowest BCUT2D eigenvalue weighted by Crippen LogP contribution is -2.42. The van der Waals surface area contributed by atoms with Gasteiger partial charge in [-0.15, -0.1) is 0 Å². The zero-order valence-electron chi connectivity index (χ0n) is 17.8. The van der Waals surface area contributed by atoms with Crippen LogP contribution in [0.5, 0.6) is 0 Å². The first-order chi connectivity index (χ1) is 15.0. The summed E-state index contributed by atoms with van der Waals surface area (Å²) >= 11 is 0. The molecule has 0 bridgehead atoms. The molecule has 31 heavy (non-hydrogen) atoms. The Labute approximate surface area is 184 Å². The van der Waals surface area contributed by atoms with Gasteiger partial charge in [0.1, 0.15) is 0 Å². The number of rotatable bonds is 6. The molecule has 2 aliphatic rings. The van der Waals surface area contributed by atoms with E-state index < -0.39 is 10.0 Å². The van der Waals surface area contributed by atoms with Gasteiger partial charge in [0.15, 0.2) is 0 Å². The third-order valence-electron chi connectivity index (χ3n) is 6.49. The number of benzene rings is 2. The van der Waals surface area contributed by atoms with Crippen molar-refractivity contribution in [3.8, 4) is 0 Å². The molecule has 1 amide bonds. The fourth-order valence-electron chi connectivity index (χ4n) is 4.67. The van der Waals surface area contributed by atoms with Crippen molar-refractivity contribution in [2.75, 3.05) is 32.8 Å². The van der Waals surface area contributed by atoms with Gasteiger partial charge in [-0.25, -0.2) is 8.42 Å². The summed E-state index contributed by atoms with van der Waals surface area (Å²) in [6, 6.07) is 16.7. The SMILES string of the molecule is O=C(NCC1(c2ccccc2)CCCCC1)c1cccc(S(=O)(=O)N2CCOCC2)c1. The third kappa shape index (κ3) is 4.84. The van der Waals surface area contributed by atoms with E-state index in [1.54, 1.807) is 18.2 Å². The molecule has 1 aliphatic heterocycles. The van der Waals surface area contributed by atoms with Crippen LogP contribution in [0.25, 0.3) is 0 Å². The largest absolute Gasteiger partial charge is 0.379 e. The molecule has 2 fully saturated rings. The van der Waals surface area contributed by atoms with Crippen molar-refractivity contribution in [3.63, 3.8) is 0 Å². The highest BCUT2D eigenvalue weighted by Crippen LogP contribution is 2.39. The number of morpholine rings is 1. The maximum absolute atomic E-state index is 13.0. The van der Waals surface area contributed by atoms with E-state index in [1.807, 2.05) is 18.2 Å². The smallest absolute Gasteiger partial charge is 0.251 e. The predicted octanol–water partition coefficient (Wildman–Crippen LogP) is 3.34. The van der Waals surface area contributed by atoms with Gasteiger partial charge < -0.3 is 10.1 Å². The van der Waals surface area contributed by atoms with Gasteiger partial charge in [-0.05, 0) is 36.6 Å². The molecule has 0 spiro atoms. The number of carbonyl (C=O) groups excluding carboxylic acids is 1. The number of sulfonamides is 1. The minimum Gasteiger partial charge on any atom is -0.379 e. The molecule has 0 atom stereocenters. The van der Waals surface area contributed by atoms with E-state index in [1.165, 1.54) is 22.4 Å². The number of hydrogen-bond donors (Lipinski definition) is 1. The van der Waals surface area contributed by atoms with Crippen LogP contribution in [0.4, 0.5) is 0 Å². The lowest BCUT2D eigenvalue weighted by Gasteiger charge is -2.38. The zero-order chi connectivity index (χ0) is 21.7. The summed E-state index contributed by atoms with van der Waals surface area (Å²) in [5.41, 5.74) is 1.57. The van der Waals surface area contributed by atoms with Gasteiger partial charge in [-0.2, -0.15) is 4.31 Å². The number of hydrogen-bond acceptors (Lipinski definition) is 4. The van der Waals surface area contributed by atoms with E-state index in [2.05, 4.69) is 17.4 Å². The average Bonchev–Trinajstić information content (AvgIpc) is 2.84. The van der Waals surface area contributed by atoms with Crippen molar-refractivity contribution in [1.82, 2.24) is 9.62 Å². The van der Waals surface area contributed by atoms with Gasteiger partial charge in [0.05, 0.1) is 18.1 Å². The summed E-state index contributed by atoms with van der Waals surface area (Å²) in [7, 11) is -3.64. The quantitative estimate of drug-likeness (QED) is 0.745. The number of nitrogens with one attached hydrogen (secondary N) is 1. The van der Waals surface area contributed by atoms with Gasteiger partial charge >= 0.3 is 0 Å². The molecule has 1 heterocycles.